The highest BCUT2D eigenvalue weighted by Crippen LogP contribution is 2.57. The summed E-state index contributed by atoms with van der Waals surface area (Å²) in [5, 5.41) is 25.9. The Morgan fingerprint density at radius 1 is 0.160 bits per heavy atom. The highest BCUT2D eigenvalue weighted by atomic mass is 14.4. The topological polar surface area (TPSA) is 0 Å². The monoisotopic (exact) mass is 1340 g/mol. The Labute approximate surface area is 617 Å². The third-order valence-corrected chi connectivity index (χ3v) is 23.9. The Kier molecular flexibility index (Phi) is 13.8. The van der Waals surface area contributed by atoms with Gasteiger partial charge in [-0.3, -0.25) is 0 Å². The van der Waals surface area contributed by atoms with Gasteiger partial charge >= 0.3 is 0 Å². The first-order valence-corrected chi connectivity index (χ1v) is 37.3. The van der Waals surface area contributed by atoms with Gasteiger partial charge in [-0.2, -0.15) is 0 Å². The molecule has 0 bridgehead atoms. The van der Waals surface area contributed by atoms with Crippen LogP contribution in [-0.2, 0) is 10.8 Å². The van der Waals surface area contributed by atoms with E-state index < -0.39 is 0 Å². The molecule has 0 spiro atoms. The Hall–Kier alpha value is -13.0. The van der Waals surface area contributed by atoms with Gasteiger partial charge < -0.3 is 0 Å². The summed E-state index contributed by atoms with van der Waals surface area (Å²) < 4.78 is 0. The van der Waals surface area contributed by atoms with Crippen LogP contribution in [0.15, 0.2) is 364 Å². The van der Waals surface area contributed by atoms with Crippen molar-refractivity contribution in [2.75, 3.05) is 0 Å². The molecule has 2 aliphatic rings. The predicted molar refractivity (Wildman–Crippen MR) is 456 cm³/mol. The van der Waals surface area contributed by atoms with Crippen molar-refractivity contribution in [1.29, 1.82) is 0 Å². The van der Waals surface area contributed by atoms with E-state index >= 15 is 0 Å². The predicted octanol–water partition coefficient (Wildman–Crippen LogP) is 29.5. The minimum absolute atomic E-state index is 0.0783. The molecule has 0 saturated heterocycles. The zero-order chi connectivity index (χ0) is 70.5. The van der Waals surface area contributed by atoms with Gasteiger partial charge in [0.25, 0.3) is 0 Å². The molecule has 0 atom stereocenters. The fraction of sp³-hybridized carbons (Fsp3) is 0.0566. The lowest BCUT2D eigenvalue weighted by atomic mass is 9.79. The van der Waals surface area contributed by atoms with E-state index in [2.05, 4.69) is 392 Å². The minimum Gasteiger partial charge on any atom is -0.0616 e. The maximum atomic E-state index is 2.49. The summed E-state index contributed by atoms with van der Waals surface area (Å²) in [6.07, 6.45) is 0. The average molecular weight is 1350 g/mol. The molecule has 0 aliphatic heterocycles. The average Bonchev–Trinajstić information content (AvgIpc) is 1.54. The second-order valence-corrected chi connectivity index (χ2v) is 30.6. The van der Waals surface area contributed by atoms with Crippen LogP contribution in [0.3, 0.4) is 0 Å². The zero-order valence-corrected chi connectivity index (χ0v) is 59.6. The van der Waals surface area contributed by atoms with E-state index in [1.165, 1.54) is 219 Å². The van der Waals surface area contributed by atoms with E-state index in [0.717, 1.165) is 0 Å². The van der Waals surface area contributed by atoms with Crippen molar-refractivity contribution in [3.8, 4) is 89.0 Å². The molecule has 0 aromatic heterocycles. The van der Waals surface area contributed by atoms with Crippen LogP contribution < -0.4 is 0 Å². The Balaban J connectivity index is 0.000000138. The van der Waals surface area contributed by atoms with Crippen molar-refractivity contribution in [3.05, 3.63) is 386 Å². The third kappa shape index (κ3) is 9.75. The zero-order valence-electron chi connectivity index (χ0n) is 59.6. The minimum atomic E-state index is -0.119. The molecule has 0 nitrogen and oxygen atoms in total. The van der Waals surface area contributed by atoms with Crippen LogP contribution in [0.1, 0.15) is 49.9 Å². The fourth-order valence-electron chi connectivity index (χ4n) is 18.7. The maximum absolute atomic E-state index is 2.49. The van der Waals surface area contributed by atoms with Crippen LogP contribution in [0.5, 0.6) is 0 Å². The molecule has 106 heavy (non-hydrogen) atoms. The molecule has 0 saturated carbocycles. The van der Waals surface area contributed by atoms with E-state index in [9.17, 15) is 0 Å². The van der Waals surface area contributed by atoms with Gasteiger partial charge in [-0.05, 0) is 280 Å². The summed E-state index contributed by atoms with van der Waals surface area (Å²) in [6, 6.07) is 136. The van der Waals surface area contributed by atoms with Crippen LogP contribution in [0.4, 0.5) is 0 Å². The smallest absolute Gasteiger partial charge is 0.0165 e. The molecule has 0 amide bonds. The lowest BCUT2D eigenvalue weighted by Gasteiger charge is -2.24. The summed E-state index contributed by atoms with van der Waals surface area (Å²) >= 11 is 0. The van der Waals surface area contributed by atoms with Gasteiger partial charge in [-0.25, -0.2) is 0 Å². The third-order valence-electron chi connectivity index (χ3n) is 23.9. The highest BCUT2D eigenvalue weighted by Gasteiger charge is 2.40. The SMILES string of the molecule is CC1(C)c2cc(-c3cccc(-c4ccc5cc(-c6ccc7ccccc7c6)ccc5c4)c3)c3ccccc3c2-c2ccc3ccccc3c21.CC1(C)c2ccc3ccccc3c2-c2ccc3cc(-c4cccc(-c5ccc6cc(-c7cc8ccc9ccccc9c8c8ccccc78)ccc6c5)c4)ccc3c21. The number of hydrogen-bond acceptors (Lipinski definition) is 0. The molecule has 0 heterocycles. The fourth-order valence-corrected chi connectivity index (χ4v) is 18.7. The molecule has 0 N–H and O–H groups in total. The first-order valence-electron chi connectivity index (χ1n) is 37.3. The van der Waals surface area contributed by atoms with Crippen molar-refractivity contribution >= 4 is 108 Å². The van der Waals surface area contributed by atoms with Gasteiger partial charge in [0.15, 0.2) is 0 Å². The molecular weight excluding hydrogens is 1270 g/mol. The van der Waals surface area contributed by atoms with E-state index in [1.807, 2.05) is 0 Å². The number of rotatable bonds is 6. The molecule has 20 aromatic rings. The first kappa shape index (κ1) is 61.6. The second-order valence-electron chi connectivity index (χ2n) is 30.6. The Bertz CT molecular complexity index is 7130. The van der Waals surface area contributed by atoms with Crippen molar-refractivity contribution < 1.29 is 0 Å². The quantitative estimate of drug-likeness (QED) is 0.146. The summed E-state index contributed by atoms with van der Waals surface area (Å²) in [6.45, 7) is 9.58. The molecule has 0 fully saturated rings. The van der Waals surface area contributed by atoms with Crippen molar-refractivity contribution in [2.24, 2.45) is 0 Å². The summed E-state index contributed by atoms with van der Waals surface area (Å²) in [5.41, 5.74) is 26.0. The van der Waals surface area contributed by atoms with Crippen LogP contribution >= 0.6 is 0 Å². The van der Waals surface area contributed by atoms with Crippen LogP contribution in [0.25, 0.3) is 197 Å². The summed E-state index contributed by atoms with van der Waals surface area (Å²) in [5.74, 6) is 0. The lowest BCUT2D eigenvalue weighted by molar-refractivity contribution is 0.666. The largest absolute Gasteiger partial charge is 0.0616 e. The van der Waals surface area contributed by atoms with E-state index in [4.69, 9.17) is 0 Å². The standard InChI is InChI=1S/C57H38.C49H34/c1-57(2)53-29-26-36-11-4-6-15-47(36)55(53)51-28-25-43-32-42(24-27-48(43)56(51)57)38-13-9-12-37(30-38)39-19-20-41-33-44(22-21-40(41)31-39)52-34-45-23-18-35-10-3-5-14-46(35)54(45)50-17-8-7-16-49(50)52;1-49(2)46-30-45(42-16-7-8-17-43(42)47(46)44-25-24-32-11-5-6-15-41(32)48(44)49)40-14-9-13-34(29-40)35-20-21-39-28-38(23-22-37(39)27-35)36-19-18-31-10-3-4-12-33(31)26-36/h3-34H,1-2H3;3-30H,1-2H3. The van der Waals surface area contributed by atoms with Crippen molar-refractivity contribution in [2.45, 2.75) is 38.5 Å². The van der Waals surface area contributed by atoms with Gasteiger partial charge in [0.05, 0.1) is 0 Å². The Morgan fingerprint density at radius 2 is 0.491 bits per heavy atom. The molecule has 0 radical (unpaired) electrons. The van der Waals surface area contributed by atoms with Crippen molar-refractivity contribution in [1.82, 2.24) is 0 Å². The number of hydrogen-bond donors (Lipinski definition) is 0. The maximum Gasteiger partial charge on any atom is 0.0165 e. The van der Waals surface area contributed by atoms with Crippen LogP contribution in [-0.4, -0.2) is 0 Å². The van der Waals surface area contributed by atoms with Crippen LogP contribution in [0, 0.1) is 0 Å². The van der Waals surface area contributed by atoms with Crippen LogP contribution in [0.2, 0.25) is 0 Å². The van der Waals surface area contributed by atoms with Crippen molar-refractivity contribution in [3.63, 3.8) is 0 Å². The van der Waals surface area contributed by atoms with E-state index in [0.29, 0.717) is 0 Å². The first-order chi connectivity index (χ1) is 52.0. The highest BCUT2D eigenvalue weighted by molar-refractivity contribution is 6.24. The number of benzene rings is 20. The van der Waals surface area contributed by atoms with E-state index in [1.54, 1.807) is 0 Å². The molecule has 20 aromatic carbocycles. The summed E-state index contributed by atoms with van der Waals surface area (Å²) in [4.78, 5) is 0. The molecule has 2 aliphatic carbocycles. The van der Waals surface area contributed by atoms with E-state index in [-0.39, 0.29) is 10.8 Å². The molecule has 22 rings (SSSR count). The van der Waals surface area contributed by atoms with Gasteiger partial charge in [-0.15, -0.1) is 0 Å². The molecular formula is C106H72. The Morgan fingerprint density at radius 3 is 1.10 bits per heavy atom. The normalized spacial score (nSPS) is 13.2. The van der Waals surface area contributed by atoms with Gasteiger partial charge in [-0.1, -0.05) is 331 Å². The van der Waals surface area contributed by atoms with Gasteiger partial charge in [0.2, 0.25) is 0 Å². The number of fused-ring (bicyclic) bond motifs is 22. The molecule has 0 unspecified atom stereocenters. The summed E-state index contributed by atoms with van der Waals surface area (Å²) in [7, 11) is 0. The lowest BCUT2D eigenvalue weighted by Crippen LogP contribution is -2.15. The second kappa shape index (κ2) is 23.8. The molecule has 0 heteroatoms. The van der Waals surface area contributed by atoms with Gasteiger partial charge in [0.1, 0.15) is 0 Å². The molecule has 496 valence electrons. The van der Waals surface area contributed by atoms with Gasteiger partial charge in [0, 0.05) is 10.8 Å².